The SMILES string of the molecule is C[C@]12C=CC(=O)C=C1CCC1C2C(O)C[C@@]2(C)C1CC[C@]2(O)C(=O)CO. The lowest BCUT2D eigenvalue weighted by Gasteiger charge is -2.59. The first-order chi connectivity index (χ1) is 12.2. The molecule has 0 aromatic rings. The zero-order chi connectivity index (χ0) is 18.9. The Hall–Kier alpha value is -1.30. The Morgan fingerprint density at radius 3 is 2.73 bits per heavy atom. The van der Waals surface area contributed by atoms with Crippen LogP contribution in [0.4, 0.5) is 0 Å². The predicted octanol–water partition coefficient (Wildman–Crippen LogP) is 1.56. The van der Waals surface area contributed by atoms with Crippen molar-refractivity contribution in [2.24, 2.45) is 28.6 Å². The second kappa shape index (κ2) is 5.60. The van der Waals surface area contributed by atoms with Crippen LogP contribution in [0.1, 0.15) is 46.0 Å². The van der Waals surface area contributed by atoms with E-state index in [0.29, 0.717) is 12.8 Å². The van der Waals surface area contributed by atoms with Crippen molar-refractivity contribution in [3.63, 3.8) is 0 Å². The fourth-order valence-corrected chi connectivity index (χ4v) is 6.92. The van der Waals surface area contributed by atoms with Gasteiger partial charge in [-0.1, -0.05) is 25.5 Å². The summed E-state index contributed by atoms with van der Waals surface area (Å²) in [4.78, 5) is 24.2. The molecule has 0 amide bonds. The minimum absolute atomic E-state index is 0.00912. The molecule has 0 aliphatic heterocycles. The Morgan fingerprint density at radius 2 is 2.04 bits per heavy atom. The number of aliphatic hydroxyl groups is 3. The zero-order valence-electron chi connectivity index (χ0n) is 15.4. The molecular formula is C21H28O5. The van der Waals surface area contributed by atoms with Crippen LogP contribution in [0.5, 0.6) is 0 Å². The monoisotopic (exact) mass is 360 g/mol. The van der Waals surface area contributed by atoms with E-state index in [9.17, 15) is 24.9 Å². The molecule has 142 valence electrons. The Bertz CT molecular complexity index is 724. The number of allylic oxidation sites excluding steroid dienone is 4. The number of carbonyl (C=O) groups is 2. The van der Waals surface area contributed by atoms with E-state index >= 15 is 0 Å². The molecule has 0 aromatic carbocycles. The van der Waals surface area contributed by atoms with Crippen molar-refractivity contribution in [3.05, 3.63) is 23.8 Å². The second-order valence-electron chi connectivity index (χ2n) is 9.19. The van der Waals surface area contributed by atoms with E-state index in [-0.39, 0.29) is 29.0 Å². The summed E-state index contributed by atoms with van der Waals surface area (Å²) in [6.45, 7) is 3.34. The topological polar surface area (TPSA) is 94.8 Å². The van der Waals surface area contributed by atoms with Gasteiger partial charge in [-0.25, -0.2) is 0 Å². The fourth-order valence-electron chi connectivity index (χ4n) is 6.92. The van der Waals surface area contributed by atoms with Crippen LogP contribution >= 0.6 is 0 Å². The van der Waals surface area contributed by atoms with Gasteiger partial charge in [0, 0.05) is 16.7 Å². The normalized spacial score (nSPS) is 49.9. The summed E-state index contributed by atoms with van der Waals surface area (Å²) in [5.74, 6) is -0.227. The quantitative estimate of drug-likeness (QED) is 0.695. The van der Waals surface area contributed by atoms with Crippen molar-refractivity contribution in [2.75, 3.05) is 6.61 Å². The summed E-state index contributed by atoms with van der Waals surface area (Å²) in [5.41, 5.74) is -1.54. The number of hydrogen-bond donors (Lipinski definition) is 3. The van der Waals surface area contributed by atoms with E-state index in [4.69, 9.17) is 0 Å². The van der Waals surface area contributed by atoms with Gasteiger partial charge < -0.3 is 15.3 Å². The smallest absolute Gasteiger partial charge is 0.190 e. The molecular weight excluding hydrogens is 332 g/mol. The van der Waals surface area contributed by atoms with Gasteiger partial charge in [0.25, 0.3) is 0 Å². The third-order valence-corrected chi connectivity index (χ3v) is 8.25. The maximum absolute atomic E-state index is 12.4. The van der Waals surface area contributed by atoms with Crippen LogP contribution in [0.25, 0.3) is 0 Å². The fraction of sp³-hybridized carbons (Fsp3) is 0.714. The number of hydrogen-bond acceptors (Lipinski definition) is 5. The molecule has 0 spiro atoms. The summed E-state index contributed by atoms with van der Waals surface area (Å²) >= 11 is 0. The predicted molar refractivity (Wildman–Crippen MR) is 95.0 cm³/mol. The Morgan fingerprint density at radius 1 is 1.31 bits per heavy atom. The summed E-state index contributed by atoms with van der Waals surface area (Å²) < 4.78 is 0. The molecule has 4 aliphatic carbocycles. The van der Waals surface area contributed by atoms with Gasteiger partial charge in [-0.2, -0.15) is 0 Å². The third-order valence-electron chi connectivity index (χ3n) is 8.25. The lowest BCUT2D eigenvalue weighted by atomic mass is 9.46. The first-order valence-corrected chi connectivity index (χ1v) is 9.66. The Balaban J connectivity index is 1.75. The number of ketones is 2. The van der Waals surface area contributed by atoms with Crippen LogP contribution in [-0.4, -0.2) is 45.2 Å². The summed E-state index contributed by atoms with van der Waals surface area (Å²) in [7, 11) is 0. The highest BCUT2D eigenvalue weighted by Crippen LogP contribution is 2.67. The van der Waals surface area contributed by atoms with Gasteiger partial charge in [-0.3, -0.25) is 9.59 Å². The number of Topliss-reactive ketones (excluding diaryl/α,β-unsaturated/α-hetero) is 1. The van der Waals surface area contributed by atoms with Crippen LogP contribution < -0.4 is 0 Å². The van der Waals surface area contributed by atoms with E-state index in [1.807, 2.05) is 13.0 Å². The molecule has 3 N–H and O–H groups in total. The van der Waals surface area contributed by atoms with E-state index < -0.39 is 29.5 Å². The minimum Gasteiger partial charge on any atom is -0.393 e. The van der Waals surface area contributed by atoms with Crippen LogP contribution in [0.3, 0.4) is 0 Å². The minimum atomic E-state index is -1.56. The average Bonchev–Trinajstić information content (AvgIpc) is 2.86. The Labute approximate surface area is 153 Å². The lowest BCUT2D eigenvalue weighted by molar-refractivity contribution is -0.178. The molecule has 0 heterocycles. The highest BCUT2D eigenvalue weighted by atomic mass is 16.3. The van der Waals surface area contributed by atoms with E-state index in [0.717, 1.165) is 24.8 Å². The third kappa shape index (κ3) is 2.08. The van der Waals surface area contributed by atoms with E-state index in [2.05, 4.69) is 6.92 Å². The van der Waals surface area contributed by atoms with Crippen LogP contribution in [0, 0.1) is 28.6 Å². The van der Waals surface area contributed by atoms with Gasteiger partial charge in [0.15, 0.2) is 11.6 Å². The Kier molecular flexibility index (Phi) is 3.89. The zero-order valence-corrected chi connectivity index (χ0v) is 15.4. The van der Waals surface area contributed by atoms with Crippen molar-refractivity contribution in [1.29, 1.82) is 0 Å². The molecule has 3 saturated carbocycles. The summed E-state index contributed by atoms with van der Waals surface area (Å²) in [6, 6.07) is 0. The largest absolute Gasteiger partial charge is 0.393 e. The van der Waals surface area contributed by atoms with Crippen LogP contribution in [0.15, 0.2) is 23.8 Å². The van der Waals surface area contributed by atoms with E-state index in [1.54, 1.807) is 12.2 Å². The van der Waals surface area contributed by atoms with Crippen molar-refractivity contribution in [1.82, 2.24) is 0 Å². The average molecular weight is 360 g/mol. The van der Waals surface area contributed by atoms with Gasteiger partial charge in [-0.05, 0) is 56.1 Å². The van der Waals surface area contributed by atoms with Crippen LogP contribution in [0.2, 0.25) is 0 Å². The van der Waals surface area contributed by atoms with Gasteiger partial charge >= 0.3 is 0 Å². The molecule has 4 aliphatic rings. The molecule has 0 aromatic heterocycles. The molecule has 26 heavy (non-hydrogen) atoms. The summed E-state index contributed by atoms with van der Waals surface area (Å²) in [6.07, 6.45) is 7.68. The molecule has 5 heteroatoms. The highest BCUT2D eigenvalue weighted by molar-refractivity contribution is 6.01. The lowest BCUT2D eigenvalue weighted by Crippen LogP contribution is -2.61. The van der Waals surface area contributed by atoms with Crippen molar-refractivity contribution in [3.8, 4) is 0 Å². The van der Waals surface area contributed by atoms with Crippen LogP contribution in [-0.2, 0) is 9.59 Å². The van der Waals surface area contributed by atoms with Gasteiger partial charge in [0.1, 0.15) is 12.2 Å². The molecule has 4 rings (SSSR count). The maximum atomic E-state index is 12.4. The van der Waals surface area contributed by atoms with Gasteiger partial charge in [0.2, 0.25) is 0 Å². The number of fused-ring (bicyclic) bond motifs is 5. The summed E-state index contributed by atoms with van der Waals surface area (Å²) in [5, 5.41) is 31.7. The number of rotatable bonds is 2. The maximum Gasteiger partial charge on any atom is 0.190 e. The van der Waals surface area contributed by atoms with Crippen molar-refractivity contribution < 1.29 is 24.9 Å². The molecule has 3 fully saturated rings. The molecule has 7 atom stereocenters. The highest BCUT2D eigenvalue weighted by Gasteiger charge is 2.67. The molecule has 5 nitrogen and oxygen atoms in total. The molecule has 0 bridgehead atoms. The molecule has 4 unspecified atom stereocenters. The first-order valence-electron chi connectivity index (χ1n) is 9.66. The molecule has 0 radical (unpaired) electrons. The van der Waals surface area contributed by atoms with Gasteiger partial charge in [0.05, 0.1) is 6.10 Å². The number of aliphatic hydroxyl groups excluding tert-OH is 2. The van der Waals surface area contributed by atoms with Gasteiger partial charge in [-0.15, -0.1) is 0 Å². The molecule has 0 saturated heterocycles. The first kappa shape index (κ1) is 18.1. The van der Waals surface area contributed by atoms with Crippen molar-refractivity contribution >= 4 is 11.6 Å². The standard InChI is InChI=1S/C21H28O5/c1-19-7-5-13(23)9-12(19)3-4-14-15-6-8-21(26,17(25)11-22)20(15,2)10-16(24)18(14)19/h5,7,9,14-16,18,22,24,26H,3-4,6,8,10-11H2,1-2H3/t14?,15?,16?,18?,19-,20-,21-/m0/s1. The second-order valence-corrected chi connectivity index (χ2v) is 9.19. The number of carbonyl (C=O) groups excluding carboxylic acids is 2. The van der Waals surface area contributed by atoms with Crippen molar-refractivity contribution in [2.45, 2.75) is 57.7 Å². The van der Waals surface area contributed by atoms with E-state index in [1.165, 1.54) is 0 Å².